The lowest BCUT2D eigenvalue weighted by Crippen LogP contribution is -2.31. The van der Waals surface area contributed by atoms with Gasteiger partial charge in [0.1, 0.15) is 11.0 Å². The molecule has 1 heterocycles. The Labute approximate surface area is 209 Å². The zero-order chi connectivity index (χ0) is 24.5. The van der Waals surface area contributed by atoms with Crippen LogP contribution in [0.25, 0.3) is 0 Å². The van der Waals surface area contributed by atoms with Crippen LogP contribution < -0.4 is 15.4 Å². The molecule has 1 aliphatic heterocycles. The number of imide groups is 1. The van der Waals surface area contributed by atoms with Gasteiger partial charge in [0.2, 0.25) is 11.8 Å². The third kappa shape index (κ3) is 7.08. The summed E-state index contributed by atoms with van der Waals surface area (Å²) in [5, 5.41) is 8.26. The van der Waals surface area contributed by atoms with Gasteiger partial charge in [-0.1, -0.05) is 61.7 Å². The maximum absolute atomic E-state index is 12.9. The smallest absolute Gasteiger partial charge is 0.247 e. The van der Waals surface area contributed by atoms with Crippen LogP contribution in [0.15, 0.2) is 58.7 Å². The second-order valence-electron chi connectivity index (χ2n) is 7.91. The number of anilines is 1. The zero-order valence-electron chi connectivity index (χ0n) is 19.4. The molecule has 180 valence electrons. The van der Waals surface area contributed by atoms with Gasteiger partial charge in [-0.15, -0.1) is 5.10 Å². The van der Waals surface area contributed by atoms with Crippen LogP contribution in [0.4, 0.5) is 5.69 Å². The number of carbonyl (C=O) groups is 2. The molecule has 0 radical (unpaired) electrons. The van der Waals surface area contributed by atoms with Gasteiger partial charge in [-0.25, -0.2) is 4.90 Å². The molecule has 2 N–H and O–H groups in total. The van der Waals surface area contributed by atoms with E-state index in [0.717, 1.165) is 35.9 Å². The molecule has 0 bridgehead atoms. The van der Waals surface area contributed by atoms with E-state index in [1.165, 1.54) is 17.7 Å². The first-order valence-corrected chi connectivity index (χ1v) is 12.5. The van der Waals surface area contributed by atoms with E-state index in [1.54, 1.807) is 43.3 Å². The summed E-state index contributed by atoms with van der Waals surface area (Å²) in [5.74, 6) is 0.125. The minimum atomic E-state index is -0.642. The Balaban J connectivity index is 1.58. The van der Waals surface area contributed by atoms with Crippen LogP contribution in [-0.2, 0) is 9.59 Å². The molecule has 0 aliphatic carbocycles. The summed E-state index contributed by atoms with van der Waals surface area (Å²) >= 11 is 6.94. The number of rotatable bonds is 10. The molecule has 1 saturated heterocycles. The Bertz CT molecular complexity index is 1050. The van der Waals surface area contributed by atoms with E-state index in [4.69, 9.17) is 22.1 Å². The van der Waals surface area contributed by atoms with Crippen LogP contribution in [-0.4, -0.2) is 34.6 Å². The maximum atomic E-state index is 12.9. The summed E-state index contributed by atoms with van der Waals surface area (Å²) in [6.45, 7) is 4.62. The number of hydrogen-bond acceptors (Lipinski definition) is 6. The second-order valence-corrected chi connectivity index (χ2v) is 9.57. The van der Waals surface area contributed by atoms with Crippen molar-refractivity contribution >= 4 is 51.7 Å². The van der Waals surface area contributed by atoms with Crippen LogP contribution in [0.5, 0.6) is 5.75 Å². The standard InChI is InChI=1S/C25H29ClN4O3S/c1-3-4-5-6-15-33-21-13-11-20(12-14-21)30-23(31)16-22(24(30)32)34-25(27)29-28-17(2)18-7-9-19(26)10-8-18/h7-14,22H,3-6,15-16H2,1-2H3,(H2,27,29)/b28-17+. The van der Waals surface area contributed by atoms with Crippen molar-refractivity contribution in [1.82, 2.24) is 0 Å². The molecule has 0 spiro atoms. The summed E-state index contributed by atoms with van der Waals surface area (Å²) < 4.78 is 5.74. The number of hydrogen-bond donors (Lipinski definition) is 1. The Morgan fingerprint density at radius 2 is 1.79 bits per heavy atom. The fourth-order valence-electron chi connectivity index (χ4n) is 3.42. The van der Waals surface area contributed by atoms with Gasteiger partial charge in [0.05, 0.1) is 18.0 Å². The normalized spacial score (nSPS) is 16.9. The van der Waals surface area contributed by atoms with Crippen LogP contribution in [0, 0.1) is 0 Å². The lowest BCUT2D eigenvalue weighted by atomic mass is 10.1. The van der Waals surface area contributed by atoms with E-state index in [9.17, 15) is 9.59 Å². The fraction of sp³-hybridized carbons (Fsp3) is 0.360. The Morgan fingerprint density at radius 1 is 1.09 bits per heavy atom. The second kappa shape index (κ2) is 12.6. The van der Waals surface area contributed by atoms with Crippen molar-refractivity contribution in [3.8, 4) is 5.75 Å². The maximum Gasteiger partial charge on any atom is 0.247 e. The summed E-state index contributed by atoms with van der Waals surface area (Å²) in [6.07, 6.45) is 4.58. The number of nitrogens with zero attached hydrogens (tertiary/aromatic N) is 3. The molecule has 3 rings (SSSR count). The van der Waals surface area contributed by atoms with Crippen LogP contribution in [0.3, 0.4) is 0 Å². The van der Waals surface area contributed by atoms with Crippen LogP contribution in [0.1, 0.15) is 51.5 Å². The van der Waals surface area contributed by atoms with E-state index >= 15 is 0 Å². The van der Waals surface area contributed by atoms with Gasteiger partial charge in [0, 0.05) is 11.4 Å². The molecule has 7 nitrogen and oxygen atoms in total. The highest BCUT2D eigenvalue weighted by molar-refractivity contribution is 8.14. The fourth-order valence-corrected chi connectivity index (χ4v) is 4.36. The number of amidine groups is 1. The topological polar surface area (TPSA) is 97.3 Å². The van der Waals surface area contributed by atoms with E-state index < -0.39 is 5.25 Å². The summed E-state index contributed by atoms with van der Waals surface area (Å²) in [6, 6.07) is 14.2. The Morgan fingerprint density at radius 3 is 2.47 bits per heavy atom. The molecular weight excluding hydrogens is 472 g/mol. The number of carbonyl (C=O) groups excluding carboxylic acids is 2. The number of amides is 2. The number of benzene rings is 2. The molecule has 2 amide bonds. The first kappa shape index (κ1) is 25.8. The number of ether oxygens (including phenoxy) is 1. The largest absolute Gasteiger partial charge is 0.494 e. The van der Waals surface area contributed by atoms with Gasteiger partial charge in [-0.05, 0) is 55.3 Å². The third-order valence-electron chi connectivity index (χ3n) is 5.29. The van der Waals surface area contributed by atoms with Crippen molar-refractivity contribution in [2.24, 2.45) is 15.9 Å². The highest BCUT2D eigenvalue weighted by atomic mass is 35.5. The van der Waals surface area contributed by atoms with E-state index in [-0.39, 0.29) is 23.4 Å². The Hall–Kier alpha value is -2.84. The number of unbranched alkanes of at least 4 members (excludes halogenated alkanes) is 3. The zero-order valence-corrected chi connectivity index (χ0v) is 20.9. The molecule has 9 heteroatoms. The highest BCUT2D eigenvalue weighted by Crippen LogP contribution is 2.30. The first-order chi connectivity index (χ1) is 16.4. The lowest BCUT2D eigenvalue weighted by molar-refractivity contribution is -0.121. The van der Waals surface area contributed by atoms with E-state index in [1.807, 2.05) is 12.1 Å². The van der Waals surface area contributed by atoms with Crippen LogP contribution >= 0.6 is 23.4 Å². The van der Waals surface area contributed by atoms with Crippen molar-refractivity contribution in [3.05, 3.63) is 59.1 Å². The van der Waals surface area contributed by atoms with Crippen molar-refractivity contribution < 1.29 is 14.3 Å². The van der Waals surface area contributed by atoms with Crippen molar-refractivity contribution in [2.45, 2.75) is 51.2 Å². The van der Waals surface area contributed by atoms with Gasteiger partial charge in [0.15, 0.2) is 5.17 Å². The predicted molar refractivity (Wildman–Crippen MR) is 140 cm³/mol. The first-order valence-electron chi connectivity index (χ1n) is 11.3. The number of halogens is 1. The van der Waals surface area contributed by atoms with Crippen molar-refractivity contribution in [1.29, 1.82) is 0 Å². The van der Waals surface area contributed by atoms with Gasteiger partial charge in [-0.2, -0.15) is 5.10 Å². The molecule has 2 aromatic rings. The molecular formula is C25H29ClN4O3S. The highest BCUT2D eigenvalue weighted by Gasteiger charge is 2.40. The summed E-state index contributed by atoms with van der Waals surface area (Å²) in [7, 11) is 0. The SMILES string of the molecule is CCCCCCOc1ccc(N2C(=O)CC(S/C(N)=N\N=C(/C)c3ccc(Cl)cc3)C2=O)cc1. The van der Waals surface area contributed by atoms with Gasteiger partial charge in [-0.3, -0.25) is 9.59 Å². The molecule has 1 fully saturated rings. The predicted octanol–water partition coefficient (Wildman–Crippen LogP) is 5.40. The molecule has 1 unspecified atom stereocenters. The minimum Gasteiger partial charge on any atom is -0.494 e. The Kier molecular flexibility index (Phi) is 9.53. The van der Waals surface area contributed by atoms with Gasteiger partial charge < -0.3 is 10.5 Å². The molecule has 2 aromatic carbocycles. The summed E-state index contributed by atoms with van der Waals surface area (Å²) in [5.41, 5.74) is 8.01. The van der Waals surface area contributed by atoms with Gasteiger partial charge >= 0.3 is 0 Å². The third-order valence-corrected chi connectivity index (χ3v) is 6.52. The van der Waals surface area contributed by atoms with E-state index in [2.05, 4.69) is 17.1 Å². The summed E-state index contributed by atoms with van der Waals surface area (Å²) in [4.78, 5) is 26.6. The molecule has 1 atom stereocenters. The lowest BCUT2D eigenvalue weighted by Gasteiger charge is -2.15. The van der Waals surface area contributed by atoms with Crippen molar-refractivity contribution in [3.63, 3.8) is 0 Å². The average molecular weight is 501 g/mol. The van der Waals surface area contributed by atoms with Crippen molar-refractivity contribution in [2.75, 3.05) is 11.5 Å². The quantitative estimate of drug-likeness (QED) is 0.155. The minimum absolute atomic E-state index is 0.0509. The molecule has 34 heavy (non-hydrogen) atoms. The average Bonchev–Trinajstić information content (AvgIpc) is 3.10. The number of thioether (sulfide) groups is 1. The monoisotopic (exact) mass is 500 g/mol. The number of nitrogens with two attached hydrogens (primary N) is 1. The van der Waals surface area contributed by atoms with E-state index in [0.29, 0.717) is 23.0 Å². The van der Waals surface area contributed by atoms with Gasteiger partial charge in [0.25, 0.3) is 0 Å². The molecule has 0 aromatic heterocycles. The molecule has 0 saturated carbocycles. The van der Waals surface area contributed by atoms with Crippen LogP contribution in [0.2, 0.25) is 5.02 Å². The molecule has 1 aliphatic rings.